The van der Waals surface area contributed by atoms with Crippen LogP contribution in [0.25, 0.3) is 0 Å². The number of nitrogens with one attached hydrogen (secondary N) is 2. The van der Waals surface area contributed by atoms with Gasteiger partial charge in [-0.1, -0.05) is 6.07 Å². The molecule has 0 spiro atoms. The number of rotatable bonds is 3. The van der Waals surface area contributed by atoms with Crippen molar-refractivity contribution < 1.29 is 4.39 Å². The second kappa shape index (κ2) is 5.77. The fourth-order valence-corrected chi connectivity index (χ4v) is 3.99. The van der Waals surface area contributed by atoms with E-state index in [0.29, 0.717) is 24.6 Å². The first kappa shape index (κ1) is 14.8. The lowest BCUT2D eigenvalue weighted by Crippen LogP contribution is -2.52. The zero-order valence-corrected chi connectivity index (χ0v) is 13.7. The van der Waals surface area contributed by atoms with E-state index in [1.807, 2.05) is 24.4 Å². The smallest absolute Gasteiger partial charge is 0.228 e. The van der Waals surface area contributed by atoms with E-state index in [-0.39, 0.29) is 5.82 Å². The number of halogens is 1. The molecule has 3 aliphatic rings. The monoisotopic (exact) mass is 338 g/mol. The fraction of sp³-hybridized carbons (Fsp3) is 0.389. The molecule has 2 N–H and O–H groups in total. The molecule has 1 aromatic heterocycles. The summed E-state index contributed by atoms with van der Waals surface area (Å²) < 4.78 is 14.3. The van der Waals surface area contributed by atoms with Crippen LogP contribution < -0.4 is 15.5 Å². The molecule has 2 saturated heterocycles. The van der Waals surface area contributed by atoms with Crippen LogP contribution in [0.3, 0.4) is 0 Å². The largest absolute Gasteiger partial charge is 0.338 e. The van der Waals surface area contributed by atoms with Crippen molar-refractivity contribution in [3.05, 3.63) is 41.3 Å². The van der Waals surface area contributed by atoms with Crippen molar-refractivity contribution in [1.82, 2.24) is 15.3 Å². The predicted octanol–water partition coefficient (Wildman–Crippen LogP) is 2.23. The van der Waals surface area contributed by atoms with Crippen LogP contribution in [-0.4, -0.2) is 41.4 Å². The highest BCUT2D eigenvalue weighted by Crippen LogP contribution is 2.31. The van der Waals surface area contributed by atoms with Crippen LogP contribution in [-0.2, 0) is 6.54 Å². The standard InChI is InChI=1S/C18H19FN6/c19-16-10-22-18(25-14-3-4-15(25)9-21-8-14)24-17(16)23-13-2-1-11-6-20-7-12(11)5-13/h1-2,5,7,10,14-15,21H,3-4,6,8-9H2,(H,22,23,24). The number of hydrogen-bond acceptors (Lipinski definition) is 6. The van der Waals surface area contributed by atoms with Crippen molar-refractivity contribution in [3.63, 3.8) is 0 Å². The number of aromatic nitrogens is 2. The van der Waals surface area contributed by atoms with Crippen LogP contribution in [0, 0.1) is 5.82 Å². The average molecular weight is 338 g/mol. The topological polar surface area (TPSA) is 65.4 Å². The van der Waals surface area contributed by atoms with Crippen LogP contribution in [0.1, 0.15) is 24.0 Å². The van der Waals surface area contributed by atoms with E-state index in [2.05, 4.69) is 30.5 Å². The molecule has 2 fully saturated rings. The van der Waals surface area contributed by atoms with Crippen molar-refractivity contribution in [2.45, 2.75) is 31.5 Å². The molecular weight excluding hydrogens is 319 g/mol. The molecule has 3 aliphatic heterocycles. The molecule has 0 aliphatic carbocycles. The molecule has 2 atom stereocenters. The first-order valence-corrected chi connectivity index (χ1v) is 8.69. The van der Waals surface area contributed by atoms with Gasteiger partial charge >= 0.3 is 0 Å². The van der Waals surface area contributed by atoms with Gasteiger partial charge in [0.15, 0.2) is 11.6 Å². The zero-order valence-electron chi connectivity index (χ0n) is 13.7. The lowest BCUT2D eigenvalue weighted by Gasteiger charge is -2.35. The van der Waals surface area contributed by atoms with Gasteiger partial charge in [0.25, 0.3) is 0 Å². The van der Waals surface area contributed by atoms with Crippen molar-refractivity contribution in [2.24, 2.45) is 4.99 Å². The lowest BCUT2D eigenvalue weighted by atomic mass is 10.1. The van der Waals surface area contributed by atoms with Gasteiger partial charge in [0.05, 0.1) is 12.7 Å². The summed E-state index contributed by atoms with van der Waals surface area (Å²) in [4.78, 5) is 15.2. The summed E-state index contributed by atoms with van der Waals surface area (Å²) >= 11 is 0. The number of nitrogens with zero attached hydrogens (tertiary/aromatic N) is 4. The molecule has 4 heterocycles. The summed E-state index contributed by atoms with van der Waals surface area (Å²) in [7, 11) is 0. The molecular formula is C18H19FN6. The SMILES string of the molecule is Fc1cnc(N2C3CCC2CNC3)nc1Nc1ccc2c(c1)C=NC2. The average Bonchev–Trinajstić information content (AvgIpc) is 3.18. The minimum absolute atomic E-state index is 0.220. The van der Waals surface area contributed by atoms with Gasteiger partial charge in [-0.25, -0.2) is 9.37 Å². The van der Waals surface area contributed by atoms with E-state index in [1.54, 1.807) is 0 Å². The first-order valence-electron chi connectivity index (χ1n) is 8.69. The third-order valence-electron chi connectivity index (χ3n) is 5.24. The fourth-order valence-electron chi connectivity index (χ4n) is 3.99. The Bertz CT molecular complexity index is 835. The van der Waals surface area contributed by atoms with Gasteiger partial charge in [-0.15, -0.1) is 0 Å². The molecule has 7 heteroatoms. The van der Waals surface area contributed by atoms with Crippen LogP contribution in [0.5, 0.6) is 0 Å². The van der Waals surface area contributed by atoms with Gasteiger partial charge in [0.2, 0.25) is 5.95 Å². The van der Waals surface area contributed by atoms with Crippen LogP contribution >= 0.6 is 0 Å². The molecule has 6 nitrogen and oxygen atoms in total. The molecule has 1 aromatic carbocycles. The van der Waals surface area contributed by atoms with Gasteiger partial charge in [-0.2, -0.15) is 4.98 Å². The van der Waals surface area contributed by atoms with Crippen LogP contribution in [0.4, 0.5) is 21.8 Å². The molecule has 0 amide bonds. The number of hydrogen-bond donors (Lipinski definition) is 2. The number of piperazine rings is 1. The molecule has 0 radical (unpaired) electrons. The molecule has 5 rings (SSSR count). The summed E-state index contributed by atoms with van der Waals surface area (Å²) in [6.45, 7) is 2.59. The van der Waals surface area contributed by atoms with Gasteiger partial charge < -0.3 is 15.5 Å². The molecule has 2 bridgehead atoms. The quantitative estimate of drug-likeness (QED) is 0.898. The second-order valence-electron chi connectivity index (χ2n) is 6.83. The number of benzene rings is 1. The van der Waals surface area contributed by atoms with Gasteiger partial charge in [-0.3, -0.25) is 4.99 Å². The van der Waals surface area contributed by atoms with Gasteiger partial charge in [0, 0.05) is 37.1 Å². The van der Waals surface area contributed by atoms with Gasteiger partial charge in [-0.05, 0) is 36.1 Å². The molecule has 2 unspecified atom stereocenters. The minimum Gasteiger partial charge on any atom is -0.338 e. The van der Waals surface area contributed by atoms with E-state index in [1.165, 1.54) is 11.8 Å². The molecule has 128 valence electrons. The Hall–Kier alpha value is -2.54. The van der Waals surface area contributed by atoms with Crippen molar-refractivity contribution in [3.8, 4) is 0 Å². The minimum atomic E-state index is -0.444. The lowest BCUT2D eigenvalue weighted by molar-refractivity contribution is 0.475. The van der Waals surface area contributed by atoms with Crippen molar-refractivity contribution >= 4 is 23.7 Å². The third-order valence-corrected chi connectivity index (χ3v) is 5.24. The highest BCUT2D eigenvalue weighted by atomic mass is 19.1. The zero-order chi connectivity index (χ0) is 16.8. The maximum absolute atomic E-state index is 14.3. The van der Waals surface area contributed by atoms with E-state index in [0.717, 1.165) is 37.2 Å². The Morgan fingerprint density at radius 3 is 2.88 bits per heavy atom. The summed E-state index contributed by atoms with van der Waals surface area (Å²) in [5, 5.41) is 6.54. The highest BCUT2D eigenvalue weighted by molar-refractivity contribution is 5.86. The summed E-state index contributed by atoms with van der Waals surface area (Å²) in [5.74, 6) is 0.388. The van der Waals surface area contributed by atoms with Crippen molar-refractivity contribution in [1.29, 1.82) is 0 Å². The van der Waals surface area contributed by atoms with Crippen molar-refractivity contribution in [2.75, 3.05) is 23.3 Å². The van der Waals surface area contributed by atoms with Gasteiger partial charge in [0.1, 0.15) is 0 Å². The normalized spacial score (nSPS) is 23.8. The number of aliphatic imine (C=N–C) groups is 1. The maximum Gasteiger partial charge on any atom is 0.228 e. The highest BCUT2D eigenvalue weighted by Gasteiger charge is 2.38. The maximum atomic E-state index is 14.3. The van der Waals surface area contributed by atoms with Crippen LogP contribution in [0.2, 0.25) is 0 Å². The second-order valence-corrected chi connectivity index (χ2v) is 6.83. The summed E-state index contributed by atoms with van der Waals surface area (Å²) in [6.07, 6.45) is 5.37. The number of fused-ring (bicyclic) bond motifs is 3. The third kappa shape index (κ3) is 2.55. The van der Waals surface area contributed by atoms with E-state index >= 15 is 0 Å². The van der Waals surface area contributed by atoms with E-state index < -0.39 is 5.82 Å². The molecule has 25 heavy (non-hydrogen) atoms. The first-order chi connectivity index (χ1) is 12.3. The molecule has 0 saturated carbocycles. The number of anilines is 3. The predicted molar refractivity (Wildman–Crippen MR) is 95.2 cm³/mol. The Morgan fingerprint density at radius 1 is 1.20 bits per heavy atom. The Morgan fingerprint density at radius 2 is 2.04 bits per heavy atom. The summed E-state index contributed by atoms with van der Waals surface area (Å²) in [5.41, 5.74) is 3.06. The van der Waals surface area contributed by atoms with Crippen LogP contribution in [0.15, 0.2) is 29.4 Å². The van der Waals surface area contributed by atoms with E-state index in [4.69, 9.17) is 0 Å². The Kier molecular flexibility index (Phi) is 3.41. The molecule has 2 aromatic rings. The summed E-state index contributed by atoms with van der Waals surface area (Å²) in [6, 6.07) is 6.72. The van der Waals surface area contributed by atoms with E-state index in [9.17, 15) is 4.39 Å². The Labute approximate surface area is 145 Å². The Balaban J connectivity index is 1.45.